The minimum atomic E-state index is -0.324. The molecule has 0 unspecified atom stereocenters. The van der Waals surface area contributed by atoms with Crippen LogP contribution in [-0.2, 0) is 13.1 Å². The standard InChI is InChI=1S/C14H16FN3O/c1-9-5-10(2)18(14(19)17-9)8-11-3-4-13(15)6-12(11)7-16/h3-6H,7-8,16H2,1-2H3. The van der Waals surface area contributed by atoms with E-state index in [1.54, 1.807) is 17.6 Å². The van der Waals surface area contributed by atoms with E-state index in [4.69, 9.17) is 5.73 Å². The molecule has 0 aliphatic heterocycles. The van der Waals surface area contributed by atoms with Crippen molar-refractivity contribution >= 4 is 0 Å². The van der Waals surface area contributed by atoms with Gasteiger partial charge in [-0.25, -0.2) is 9.18 Å². The van der Waals surface area contributed by atoms with Crippen LogP contribution in [0.4, 0.5) is 4.39 Å². The number of halogens is 1. The summed E-state index contributed by atoms with van der Waals surface area (Å²) in [5.41, 5.74) is 8.35. The van der Waals surface area contributed by atoms with E-state index in [-0.39, 0.29) is 18.1 Å². The molecule has 0 fully saturated rings. The molecule has 0 radical (unpaired) electrons. The molecule has 0 saturated carbocycles. The Kier molecular flexibility index (Phi) is 3.76. The molecule has 100 valence electrons. The summed E-state index contributed by atoms with van der Waals surface area (Å²) in [6.45, 7) is 4.22. The molecule has 2 aromatic rings. The lowest BCUT2D eigenvalue weighted by atomic mass is 10.1. The van der Waals surface area contributed by atoms with Gasteiger partial charge in [0.2, 0.25) is 0 Å². The molecule has 0 amide bonds. The fourth-order valence-corrected chi connectivity index (χ4v) is 2.08. The fourth-order valence-electron chi connectivity index (χ4n) is 2.08. The summed E-state index contributed by atoms with van der Waals surface area (Å²) >= 11 is 0. The molecule has 1 heterocycles. The first-order valence-corrected chi connectivity index (χ1v) is 6.03. The molecular weight excluding hydrogens is 245 g/mol. The highest BCUT2D eigenvalue weighted by Gasteiger charge is 2.08. The van der Waals surface area contributed by atoms with Crippen LogP contribution >= 0.6 is 0 Å². The molecule has 0 aliphatic rings. The second-order valence-corrected chi connectivity index (χ2v) is 4.52. The molecule has 4 nitrogen and oxygen atoms in total. The fraction of sp³-hybridized carbons (Fsp3) is 0.286. The van der Waals surface area contributed by atoms with Gasteiger partial charge in [0, 0.05) is 17.9 Å². The van der Waals surface area contributed by atoms with Gasteiger partial charge in [0.05, 0.1) is 6.54 Å². The summed E-state index contributed by atoms with van der Waals surface area (Å²) in [6.07, 6.45) is 0. The maximum atomic E-state index is 13.1. The van der Waals surface area contributed by atoms with Crippen molar-refractivity contribution in [2.24, 2.45) is 5.73 Å². The van der Waals surface area contributed by atoms with Crippen LogP contribution in [0.3, 0.4) is 0 Å². The van der Waals surface area contributed by atoms with Crippen LogP contribution < -0.4 is 11.4 Å². The van der Waals surface area contributed by atoms with E-state index >= 15 is 0 Å². The van der Waals surface area contributed by atoms with Crippen molar-refractivity contribution in [2.45, 2.75) is 26.9 Å². The quantitative estimate of drug-likeness (QED) is 0.911. The number of aromatic nitrogens is 2. The first-order chi connectivity index (χ1) is 9.01. The van der Waals surface area contributed by atoms with Gasteiger partial charge >= 0.3 is 5.69 Å². The maximum absolute atomic E-state index is 13.1. The van der Waals surface area contributed by atoms with Crippen molar-refractivity contribution in [3.05, 3.63) is 63.1 Å². The van der Waals surface area contributed by atoms with Gasteiger partial charge < -0.3 is 5.73 Å². The van der Waals surface area contributed by atoms with E-state index in [1.165, 1.54) is 12.1 Å². The van der Waals surface area contributed by atoms with E-state index in [2.05, 4.69) is 4.98 Å². The number of hydrogen-bond acceptors (Lipinski definition) is 3. The number of aryl methyl sites for hydroxylation is 2. The van der Waals surface area contributed by atoms with E-state index in [1.807, 2.05) is 13.0 Å². The third kappa shape index (κ3) is 2.88. The van der Waals surface area contributed by atoms with Crippen molar-refractivity contribution in [1.29, 1.82) is 0 Å². The summed E-state index contributed by atoms with van der Waals surface area (Å²) in [5.74, 6) is -0.324. The lowest BCUT2D eigenvalue weighted by Gasteiger charge is -2.12. The van der Waals surface area contributed by atoms with Gasteiger partial charge in [-0.1, -0.05) is 6.07 Å². The molecule has 0 atom stereocenters. The third-order valence-corrected chi connectivity index (χ3v) is 3.06. The highest BCUT2D eigenvalue weighted by Crippen LogP contribution is 2.12. The first kappa shape index (κ1) is 13.4. The summed E-state index contributed by atoms with van der Waals surface area (Å²) in [7, 11) is 0. The van der Waals surface area contributed by atoms with E-state index in [0.717, 1.165) is 11.3 Å². The second-order valence-electron chi connectivity index (χ2n) is 4.52. The average molecular weight is 261 g/mol. The van der Waals surface area contributed by atoms with Crippen LogP contribution in [0, 0.1) is 19.7 Å². The highest BCUT2D eigenvalue weighted by atomic mass is 19.1. The van der Waals surface area contributed by atoms with Crippen LogP contribution in [0.2, 0.25) is 0 Å². The molecule has 2 rings (SSSR count). The zero-order valence-electron chi connectivity index (χ0n) is 11.0. The highest BCUT2D eigenvalue weighted by molar-refractivity contribution is 5.28. The summed E-state index contributed by atoms with van der Waals surface area (Å²) in [4.78, 5) is 15.8. The van der Waals surface area contributed by atoms with Gasteiger partial charge in [-0.15, -0.1) is 0 Å². The maximum Gasteiger partial charge on any atom is 0.348 e. The lowest BCUT2D eigenvalue weighted by molar-refractivity contribution is 0.621. The Balaban J connectivity index is 2.45. The minimum Gasteiger partial charge on any atom is -0.326 e. The Bertz CT molecular complexity index is 664. The summed E-state index contributed by atoms with van der Waals surface area (Å²) < 4.78 is 14.7. The van der Waals surface area contributed by atoms with Gasteiger partial charge in [-0.2, -0.15) is 4.98 Å². The molecule has 0 aliphatic carbocycles. The Labute approximate surface area is 110 Å². The molecule has 19 heavy (non-hydrogen) atoms. The molecule has 0 saturated heterocycles. The van der Waals surface area contributed by atoms with Gasteiger partial charge in [-0.3, -0.25) is 4.57 Å². The average Bonchev–Trinajstić information content (AvgIpc) is 2.35. The van der Waals surface area contributed by atoms with Crippen LogP contribution in [0.1, 0.15) is 22.5 Å². The Morgan fingerprint density at radius 3 is 2.63 bits per heavy atom. The predicted octanol–water partition coefficient (Wildman–Crippen LogP) is 1.51. The van der Waals surface area contributed by atoms with E-state index in [0.29, 0.717) is 17.8 Å². The Hall–Kier alpha value is -2.01. The molecule has 0 bridgehead atoms. The van der Waals surface area contributed by atoms with Crippen molar-refractivity contribution in [1.82, 2.24) is 9.55 Å². The topological polar surface area (TPSA) is 60.9 Å². The molecular formula is C14H16FN3O. The third-order valence-electron chi connectivity index (χ3n) is 3.06. The SMILES string of the molecule is Cc1cc(C)n(Cc2ccc(F)cc2CN)c(=O)n1. The largest absolute Gasteiger partial charge is 0.348 e. The van der Waals surface area contributed by atoms with Gasteiger partial charge in [0.15, 0.2) is 0 Å². The summed E-state index contributed by atoms with van der Waals surface area (Å²) in [6, 6.07) is 6.27. The zero-order chi connectivity index (χ0) is 14.0. The molecule has 2 N–H and O–H groups in total. The van der Waals surface area contributed by atoms with Gasteiger partial charge in [-0.05, 0) is 43.2 Å². The number of hydrogen-bond donors (Lipinski definition) is 1. The molecule has 0 spiro atoms. The van der Waals surface area contributed by atoms with Crippen LogP contribution in [0.5, 0.6) is 0 Å². The van der Waals surface area contributed by atoms with E-state index < -0.39 is 0 Å². The monoisotopic (exact) mass is 261 g/mol. The van der Waals surface area contributed by atoms with Crippen LogP contribution in [0.25, 0.3) is 0 Å². The van der Waals surface area contributed by atoms with Crippen LogP contribution in [0.15, 0.2) is 29.1 Å². The van der Waals surface area contributed by atoms with Crippen molar-refractivity contribution < 1.29 is 4.39 Å². The smallest absolute Gasteiger partial charge is 0.326 e. The summed E-state index contributed by atoms with van der Waals surface area (Å²) in [5, 5.41) is 0. The number of nitrogens with zero attached hydrogens (tertiary/aromatic N) is 2. The van der Waals surface area contributed by atoms with Crippen molar-refractivity contribution in [2.75, 3.05) is 0 Å². The Morgan fingerprint density at radius 2 is 2.00 bits per heavy atom. The van der Waals surface area contributed by atoms with E-state index in [9.17, 15) is 9.18 Å². The number of rotatable bonds is 3. The van der Waals surface area contributed by atoms with Gasteiger partial charge in [0.1, 0.15) is 5.82 Å². The first-order valence-electron chi connectivity index (χ1n) is 6.03. The van der Waals surface area contributed by atoms with Crippen LogP contribution in [-0.4, -0.2) is 9.55 Å². The van der Waals surface area contributed by atoms with Crippen molar-refractivity contribution in [3.63, 3.8) is 0 Å². The van der Waals surface area contributed by atoms with Gasteiger partial charge in [0.25, 0.3) is 0 Å². The molecule has 5 heteroatoms. The predicted molar refractivity (Wildman–Crippen MR) is 71.4 cm³/mol. The molecule has 1 aromatic carbocycles. The molecule has 1 aromatic heterocycles. The minimum absolute atomic E-state index is 0.236. The Morgan fingerprint density at radius 1 is 1.26 bits per heavy atom. The normalized spacial score (nSPS) is 10.7. The van der Waals surface area contributed by atoms with Crippen molar-refractivity contribution in [3.8, 4) is 0 Å². The number of nitrogens with two attached hydrogens (primary N) is 1. The lowest BCUT2D eigenvalue weighted by Crippen LogP contribution is -2.26. The number of benzene rings is 1. The zero-order valence-corrected chi connectivity index (χ0v) is 11.0. The second kappa shape index (κ2) is 5.32.